The predicted octanol–water partition coefficient (Wildman–Crippen LogP) is 2.43. The van der Waals surface area contributed by atoms with E-state index < -0.39 is 11.8 Å². The van der Waals surface area contributed by atoms with Crippen molar-refractivity contribution in [2.24, 2.45) is 5.92 Å². The largest absolute Gasteiger partial charge is 0.396 e. The minimum Gasteiger partial charge on any atom is -0.396 e. The molecule has 0 fully saturated rings. The summed E-state index contributed by atoms with van der Waals surface area (Å²) in [4.78, 5) is 24.2. The quantitative estimate of drug-likeness (QED) is 0.738. The lowest BCUT2D eigenvalue weighted by molar-refractivity contribution is -0.136. The SMILES string of the molecule is CC(CO)C(C)NC(=O)C(=O)Nc1ccccc1-c1ccccc1. The van der Waals surface area contributed by atoms with Gasteiger partial charge in [0.05, 0.1) is 0 Å². The Bertz CT molecular complexity index is 701. The minimum absolute atomic E-state index is 0.0556. The summed E-state index contributed by atoms with van der Waals surface area (Å²) in [7, 11) is 0. The van der Waals surface area contributed by atoms with E-state index in [1.807, 2.05) is 42.5 Å². The van der Waals surface area contributed by atoms with Gasteiger partial charge in [-0.3, -0.25) is 9.59 Å². The summed E-state index contributed by atoms with van der Waals surface area (Å²) in [6.07, 6.45) is 0. The number of aliphatic hydroxyl groups excluding tert-OH is 1. The van der Waals surface area contributed by atoms with Gasteiger partial charge in [-0.25, -0.2) is 0 Å². The van der Waals surface area contributed by atoms with Crippen LogP contribution >= 0.6 is 0 Å². The van der Waals surface area contributed by atoms with Crippen molar-refractivity contribution in [3.05, 3.63) is 54.6 Å². The van der Waals surface area contributed by atoms with Gasteiger partial charge < -0.3 is 15.7 Å². The highest BCUT2D eigenvalue weighted by molar-refractivity contribution is 6.40. The summed E-state index contributed by atoms with van der Waals surface area (Å²) in [5, 5.41) is 14.4. The first-order valence-corrected chi connectivity index (χ1v) is 7.90. The lowest BCUT2D eigenvalue weighted by atomic mass is 10.0. The van der Waals surface area contributed by atoms with Gasteiger partial charge in [0.15, 0.2) is 0 Å². The molecule has 0 bridgehead atoms. The average Bonchev–Trinajstić information content (AvgIpc) is 2.62. The Labute approximate surface area is 141 Å². The smallest absolute Gasteiger partial charge is 0.313 e. The molecule has 0 radical (unpaired) electrons. The van der Waals surface area contributed by atoms with Gasteiger partial charge in [-0.05, 0) is 24.5 Å². The molecule has 5 nitrogen and oxygen atoms in total. The molecule has 0 saturated carbocycles. The maximum atomic E-state index is 12.2. The number of hydrogen-bond donors (Lipinski definition) is 3. The molecule has 0 saturated heterocycles. The van der Waals surface area contributed by atoms with Crippen molar-refractivity contribution in [3.8, 4) is 11.1 Å². The third kappa shape index (κ3) is 4.43. The number of amides is 2. The fraction of sp³-hybridized carbons (Fsp3) is 0.263. The van der Waals surface area contributed by atoms with Crippen LogP contribution in [-0.4, -0.2) is 29.6 Å². The van der Waals surface area contributed by atoms with Gasteiger partial charge in [0.25, 0.3) is 0 Å². The number of anilines is 1. The Hall–Kier alpha value is -2.66. The van der Waals surface area contributed by atoms with Gasteiger partial charge in [0, 0.05) is 23.9 Å². The summed E-state index contributed by atoms with van der Waals surface area (Å²) in [5.41, 5.74) is 2.37. The second-order valence-corrected chi connectivity index (χ2v) is 5.79. The van der Waals surface area contributed by atoms with Crippen molar-refractivity contribution in [1.82, 2.24) is 5.32 Å². The normalized spacial score (nSPS) is 13.0. The van der Waals surface area contributed by atoms with Crippen molar-refractivity contribution in [1.29, 1.82) is 0 Å². The zero-order valence-corrected chi connectivity index (χ0v) is 13.8. The molecular weight excluding hydrogens is 304 g/mol. The summed E-state index contributed by atoms with van der Waals surface area (Å²) < 4.78 is 0. The van der Waals surface area contributed by atoms with Crippen LogP contribution in [-0.2, 0) is 9.59 Å². The van der Waals surface area contributed by atoms with Crippen molar-refractivity contribution >= 4 is 17.5 Å². The van der Waals surface area contributed by atoms with Gasteiger partial charge in [0.2, 0.25) is 0 Å². The van der Waals surface area contributed by atoms with E-state index in [1.165, 1.54) is 0 Å². The Morgan fingerprint density at radius 2 is 1.58 bits per heavy atom. The number of nitrogens with one attached hydrogen (secondary N) is 2. The molecule has 2 rings (SSSR count). The van der Waals surface area contributed by atoms with Crippen LogP contribution in [0.25, 0.3) is 11.1 Å². The van der Waals surface area contributed by atoms with Gasteiger partial charge in [0.1, 0.15) is 0 Å². The Morgan fingerprint density at radius 1 is 0.958 bits per heavy atom. The third-order valence-electron chi connectivity index (χ3n) is 3.97. The molecule has 2 unspecified atom stereocenters. The molecule has 2 aromatic carbocycles. The molecule has 5 heteroatoms. The van der Waals surface area contributed by atoms with Gasteiger partial charge in [-0.1, -0.05) is 55.5 Å². The first kappa shape index (κ1) is 17.7. The maximum Gasteiger partial charge on any atom is 0.313 e. The monoisotopic (exact) mass is 326 g/mol. The maximum absolute atomic E-state index is 12.2. The molecule has 0 aliphatic heterocycles. The summed E-state index contributed by atoms with van der Waals surface area (Å²) in [5.74, 6) is -1.57. The predicted molar refractivity (Wildman–Crippen MR) is 94.4 cm³/mol. The van der Waals surface area contributed by atoms with E-state index in [1.54, 1.807) is 26.0 Å². The number of rotatable bonds is 5. The Morgan fingerprint density at radius 3 is 2.25 bits per heavy atom. The van der Waals surface area contributed by atoms with Crippen molar-refractivity contribution in [2.75, 3.05) is 11.9 Å². The Balaban J connectivity index is 2.11. The number of carbonyl (C=O) groups excluding carboxylic acids is 2. The van der Waals surface area contributed by atoms with Crippen LogP contribution in [0.3, 0.4) is 0 Å². The standard InChI is InChI=1S/C19H22N2O3/c1-13(12-22)14(2)20-18(23)19(24)21-17-11-7-6-10-16(17)15-8-4-3-5-9-15/h3-11,13-14,22H,12H2,1-2H3,(H,20,23)(H,21,24). The second-order valence-electron chi connectivity index (χ2n) is 5.79. The molecule has 0 spiro atoms. The van der Waals surface area contributed by atoms with E-state index in [0.717, 1.165) is 11.1 Å². The van der Waals surface area contributed by atoms with E-state index in [9.17, 15) is 9.59 Å². The highest BCUT2D eigenvalue weighted by Gasteiger charge is 2.20. The lowest BCUT2D eigenvalue weighted by Crippen LogP contribution is -2.44. The zero-order chi connectivity index (χ0) is 17.5. The number of hydrogen-bond acceptors (Lipinski definition) is 3. The van der Waals surface area contributed by atoms with E-state index in [4.69, 9.17) is 5.11 Å². The van der Waals surface area contributed by atoms with Crippen molar-refractivity contribution < 1.29 is 14.7 Å². The van der Waals surface area contributed by atoms with Crippen LogP contribution in [0.15, 0.2) is 54.6 Å². The van der Waals surface area contributed by atoms with Crippen LogP contribution in [0, 0.1) is 5.92 Å². The molecule has 3 N–H and O–H groups in total. The number of benzene rings is 2. The average molecular weight is 326 g/mol. The second kappa shape index (κ2) is 8.26. The molecule has 0 aliphatic rings. The molecular formula is C19H22N2O3. The molecule has 0 aliphatic carbocycles. The summed E-state index contributed by atoms with van der Waals surface area (Å²) >= 11 is 0. The van der Waals surface area contributed by atoms with Gasteiger partial charge in [-0.15, -0.1) is 0 Å². The summed E-state index contributed by atoms with van der Waals surface area (Å²) in [6.45, 7) is 3.50. The number of aliphatic hydroxyl groups is 1. The minimum atomic E-state index is -0.727. The van der Waals surface area contributed by atoms with E-state index >= 15 is 0 Å². The van der Waals surface area contributed by atoms with Crippen molar-refractivity contribution in [2.45, 2.75) is 19.9 Å². The first-order chi connectivity index (χ1) is 11.5. The molecule has 0 aromatic heterocycles. The van der Waals surface area contributed by atoms with Gasteiger partial charge >= 0.3 is 11.8 Å². The fourth-order valence-corrected chi connectivity index (χ4v) is 2.21. The zero-order valence-electron chi connectivity index (χ0n) is 13.8. The molecule has 2 amide bonds. The fourth-order valence-electron chi connectivity index (χ4n) is 2.21. The topological polar surface area (TPSA) is 78.4 Å². The van der Waals surface area contributed by atoms with Crippen LogP contribution in [0.2, 0.25) is 0 Å². The van der Waals surface area contributed by atoms with E-state index in [0.29, 0.717) is 5.69 Å². The van der Waals surface area contributed by atoms with Crippen molar-refractivity contribution in [3.63, 3.8) is 0 Å². The van der Waals surface area contributed by atoms with Crippen LogP contribution < -0.4 is 10.6 Å². The molecule has 2 aromatic rings. The van der Waals surface area contributed by atoms with Gasteiger partial charge in [-0.2, -0.15) is 0 Å². The van der Waals surface area contributed by atoms with E-state index in [2.05, 4.69) is 10.6 Å². The summed E-state index contributed by atoms with van der Waals surface area (Å²) in [6, 6.07) is 16.7. The lowest BCUT2D eigenvalue weighted by Gasteiger charge is -2.19. The van der Waals surface area contributed by atoms with Crippen LogP contribution in [0.1, 0.15) is 13.8 Å². The first-order valence-electron chi connectivity index (χ1n) is 7.90. The Kier molecular flexibility index (Phi) is 6.09. The number of carbonyl (C=O) groups is 2. The highest BCUT2D eigenvalue weighted by atomic mass is 16.3. The molecule has 2 atom stereocenters. The van der Waals surface area contributed by atoms with Crippen LogP contribution in [0.5, 0.6) is 0 Å². The number of para-hydroxylation sites is 1. The van der Waals surface area contributed by atoms with E-state index in [-0.39, 0.29) is 18.6 Å². The molecule has 24 heavy (non-hydrogen) atoms. The molecule has 126 valence electrons. The highest BCUT2D eigenvalue weighted by Crippen LogP contribution is 2.27. The van der Waals surface area contributed by atoms with Crippen LogP contribution in [0.4, 0.5) is 5.69 Å². The molecule has 0 heterocycles. The third-order valence-corrected chi connectivity index (χ3v) is 3.97.